The number of carbonyl (C=O) groups excluding carboxylic acids is 3. The number of hydrogen-bond acceptors (Lipinski definition) is 4. The molecule has 146 valence electrons. The average molecular weight is 370 g/mol. The minimum atomic E-state index is -0.710. The second-order valence-electron chi connectivity index (χ2n) is 9.14. The van der Waals surface area contributed by atoms with E-state index in [2.05, 4.69) is 13.5 Å². The lowest BCUT2D eigenvalue weighted by molar-refractivity contribution is -0.166. The van der Waals surface area contributed by atoms with Gasteiger partial charge in [0.1, 0.15) is 5.78 Å². The Hall–Kier alpha value is -1.71. The molecule has 0 amide bonds. The number of Topliss-reactive ketones (excluding diaryl/α,β-unsaturated/α-hetero) is 1. The van der Waals surface area contributed by atoms with E-state index in [0.29, 0.717) is 37.1 Å². The van der Waals surface area contributed by atoms with Crippen LogP contribution in [0.3, 0.4) is 0 Å². The van der Waals surface area contributed by atoms with Crippen LogP contribution in [0.15, 0.2) is 24.3 Å². The zero-order chi connectivity index (χ0) is 19.4. The summed E-state index contributed by atoms with van der Waals surface area (Å²) in [6, 6.07) is 0. The van der Waals surface area contributed by atoms with Crippen LogP contribution in [0.25, 0.3) is 0 Å². The van der Waals surface area contributed by atoms with Crippen molar-refractivity contribution in [2.75, 3.05) is 6.61 Å². The third-order valence-corrected chi connectivity index (χ3v) is 8.25. The van der Waals surface area contributed by atoms with Crippen molar-refractivity contribution in [3.05, 3.63) is 24.3 Å². The molecule has 3 saturated carbocycles. The van der Waals surface area contributed by atoms with E-state index in [9.17, 15) is 14.4 Å². The Balaban J connectivity index is 1.79. The molecule has 0 aliphatic heterocycles. The van der Waals surface area contributed by atoms with Gasteiger partial charge in [-0.25, -0.2) is 0 Å². The molecule has 4 aliphatic carbocycles. The second-order valence-corrected chi connectivity index (χ2v) is 9.14. The van der Waals surface area contributed by atoms with Crippen LogP contribution in [0, 0.1) is 34.5 Å². The Kier molecular flexibility index (Phi) is 4.44. The Morgan fingerprint density at radius 2 is 2.04 bits per heavy atom. The molecule has 0 aromatic heterocycles. The van der Waals surface area contributed by atoms with Gasteiger partial charge in [-0.15, -0.1) is 6.58 Å². The Morgan fingerprint density at radius 3 is 2.74 bits per heavy atom. The Bertz CT molecular complexity index is 735. The summed E-state index contributed by atoms with van der Waals surface area (Å²) in [5.41, 5.74) is 0.0393. The standard InChI is InChI=1S/C23H30O4/c1-4-14-13-23(21(26)27-5-2)15(12-19(14)24)6-7-16-17-8-9-20(25)22(17,3)11-10-18(16)23/h4,12,14,16-18H,1,5-11,13H2,2-3H3/t14?,16-,17-,18-,22-,23+/m0/s1. The van der Waals surface area contributed by atoms with E-state index in [0.717, 1.165) is 37.7 Å². The minimum Gasteiger partial charge on any atom is -0.465 e. The van der Waals surface area contributed by atoms with E-state index in [-0.39, 0.29) is 29.0 Å². The highest BCUT2D eigenvalue weighted by Crippen LogP contribution is 2.65. The maximum Gasteiger partial charge on any atom is 0.316 e. The van der Waals surface area contributed by atoms with E-state index in [1.54, 1.807) is 12.2 Å². The van der Waals surface area contributed by atoms with Gasteiger partial charge in [-0.05, 0) is 74.9 Å². The largest absolute Gasteiger partial charge is 0.465 e. The fourth-order valence-electron chi connectivity index (χ4n) is 6.89. The van der Waals surface area contributed by atoms with Crippen molar-refractivity contribution in [1.82, 2.24) is 0 Å². The smallest absolute Gasteiger partial charge is 0.316 e. The molecular formula is C23H30O4. The van der Waals surface area contributed by atoms with Crippen molar-refractivity contribution < 1.29 is 19.1 Å². The number of rotatable bonds is 3. The predicted octanol–water partition coefficient (Wildman–Crippen LogP) is 4.04. The Labute approximate surface area is 161 Å². The summed E-state index contributed by atoms with van der Waals surface area (Å²) in [5, 5.41) is 0. The van der Waals surface area contributed by atoms with Gasteiger partial charge in [0.15, 0.2) is 5.78 Å². The quantitative estimate of drug-likeness (QED) is 0.556. The number of carbonyl (C=O) groups is 3. The monoisotopic (exact) mass is 370 g/mol. The van der Waals surface area contributed by atoms with Crippen molar-refractivity contribution in [3.8, 4) is 0 Å². The number of ketones is 2. The highest BCUT2D eigenvalue weighted by Gasteiger charge is 2.63. The van der Waals surface area contributed by atoms with Gasteiger partial charge in [-0.1, -0.05) is 13.0 Å². The molecule has 4 aliphatic rings. The van der Waals surface area contributed by atoms with E-state index in [1.165, 1.54) is 0 Å². The van der Waals surface area contributed by atoms with Crippen LogP contribution in [0.2, 0.25) is 0 Å². The molecule has 4 rings (SSSR count). The summed E-state index contributed by atoms with van der Waals surface area (Å²) in [4.78, 5) is 38.4. The van der Waals surface area contributed by atoms with E-state index in [1.807, 2.05) is 6.92 Å². The summed E-state index contributed by atoms with van der Waals surface area (Å²) < 4.78 is 5.58. The first kappa shape index (κ1) is 18.6. The zero-order valence-electron chi connectivity index (χ0n) is 16.5. The molecule has 4 nitrogen and oxygen atoms in total. The van der Waals surface area contributed by atoms with Crippen molar-refractivity contribution in [2.45, 2.75) is 58.8 Å². The van der Waals surface area contributed by atoms with Gasteiger partial charge < -0.3 is 4.74 Å². The van der Waals surface area contributed by atoms with Crippen LogP contribution in [-0.2, 0) is 19.1 Å². The maximum atomic E-state index is 13.3. The van der Waals surface area contributed by atoms with Crippen LogP contribution < -0.4 is 0 Å². The molecule has 0 aromatic carbocycles. The van der Waals surface area contributed by atoms with Crippen molar-refractivity contribution in [2.24, 2.45) is 34.5 Å². The van der Waals surface area contributed by atoms with Gasteiger partial charge in [0.2, 0.25) is 0 Å². The fraction of sp³-hybridized carbons (Fsp3) is 0.696. The van der Waals surface area contributed by atoms with Crippen molar-refractivity contribution in [1.29, 1.82) is 0 Å². The predicted molar refractivity (Wildman–Crippen MR) is 102 cm³/mol. The molecule has 0 N–H and O–H groups in total. The van der Waals surface area contributed by atoms with Crippen LogP contribution in [0.4, 0.5) is 0 Å². The first-order valence-corrected chi connectivity index (χ1v) is 10.5. The van der Waals surface area contributed by atoms with Crippen LogP contribution >= 0.6 is 0 Å². The van der Waals surface area contributed by atoms with Crippen LogP contribution in [0.5, 0.6) is 0 Å². The highest BCUT2D eigenvalue weighted by atomic mass is 16.5. The molecule has 1 unspecified atom stereocenters. The molecule has 0 radical (unpaired) electrons. The lowest BCUT2D eigenvalue weighted by Gasteiger charge is -2.56. The third-order valence-electron chi connectivity index (χ3n) is 8.25. The molecule has 0 bridgehead atoms. The molecule has 4 heteroatoms. The molecule has 0 heterocycles. The molecule has 27 heavy (non-hydrogen) atoms. The SMILES string of the molecule is C=CC1C[C@@]2(C(=O)OCC)C(=CC1=O)CC[C@@H]1[C@@H]2CC[C@]2(C)C(=O)CC[C@@H]12. The molecule has 6 atom stereocenters. The lowest BCUT2D eigenvalue weighted by Crippen LogP contribution is -2.56. The fourth-order valence-corrected chi connectivity index (χ4v) is 6.89. The zero-order valence-corrected chi connectivity index (χ0v) is 16.5. The number of ether oxygens (including phenoxy) is 1. The van der Waals surface area contributed by atoms with E-state index < -0.39 is 5.41 Å². The topological polar surface area (TPSA) is 60.4 Å². The average Bonchev–Trinajstić information content (AvgIpc) is 2.96. The number of fused-ring (bicyclic) bond motifs is 5. The number of hydrogen-bond donors (Lipinski definition) is 0. The van der Waals surface area contributed by atoms with Gasteiger partial charge in [0.05, 0.1) is 12.0 Å². The summed E-state index contributed by atoms with van der Waals surface area (Å²) in [5.74, 6) is 0.854. The highest BCUT2D eigenvalue weighted by molar-refractivity contribution is 5.98. The van der Waals surface area contributed by atoms with E-state index in [4.69, 9.17) is 4.74 Å². The summed E-state index contributed by atoms with van der Waals surface area (Å²) in [7, 11) is 0. The van der Waals surface area contributed by atoms with Gasteiger partial charge >= 0.3 is 5.97 Å². The van der Waals surface area contributed by atoms with Gasteiger partial charge in [0, 0.05) is 17.8 Å². The molecular weight excluding hydrogens is 340 g/mol. The summed E-state index contributed by atoms with van der Waals surface area (Å²) >= 11 is 0. The van der Waals surface area contributed by atoms with Gasteiger partial charge in [-0.3, -0.25) is 14.4 Å². The second kappa shape index (κ2) is 6.42. The number of allylic oxidation sites excluding steroid dienone is 1. The summed E-state index contributed by atoms with van der Waals surface area (Å²) in [6.07, 6.45) is 8.94. The first-order chi connectivity index (χ1) is 12.9. The van der Waals surface area contributed by atoms with Gasteiger partial charge in [-0.2, -0.15) is 0 Å². The van der Waals surface area contributed by atoms with Crippen molar-refractivity contribution >= 4 is 17.5 Å². The molecule has 0 spiro atoms. The third kappa shape index (κ3) is 2.44. The maximum absolute atomic E-state index is 13.3. The molecule has 0 saturated heterocycles. The molecule has 3 fully saturated rings. The van der Waals surface area contributed by atoms with Crippen LogP contribution in [0.1, 0.15) is 58.8 Å². The first-order valence-electron chi connectivity index (χ1n) is 10.5. The van der Waals surface area contributed by atoms with Crippen LogP contribution in [-0.4, -0.2) is 24.1 Å². The lowest BCUT2D eigenvalue weighted by atomic mass is 9.46. The molecule has 0 aromatic rings. The summed E-state index contributed by atoms with van der Waals surface area (Å²) in [6.45, 7) is 8.16. The normalized spacial score (nSPS) is 43.3. The van der Waals surface area contributed by atoms with Gasteiger partial charge in [0.25, 0.3) is 0 Å². The minimum absolute atomic E-state index is 0.0649. The number of esters is 1. The Morgan fingerprint density at radius 1 is 1.26 bits per heavy atom. The van der Waals surface area contributed by atoms with E-state index >= 15 is 0 Å². The van der Waals surface area contributed by atoms with Crippen molar-refractivity contribution in [3.63, 3.8) is 0 Å².